The van der Waals surface area contributed by atoms with Gasteiger partial charge in [-0.25, -0.2) is 9.18 Å². The number of rotatable bonds is 3. The number of halogens is 1. The van der Waals surface area contributed by atoms with Gasteiger partial charge >= 0.3 is 5.76 Å². The summed E-state index contributed by atoms with van der Waals surface area (Å²) in [6, 6.07) is 11.7. The Morgan fingerprint density at radius 1 is 1.24 bits per heavy atom. The largest absolute Gasteiger partial charge is 0.417 e. The Bertz CT molecular complexity index is 1040. The van der Waals surface area contributed by atoms with E-state index in [0.717, 1.165) is 16.8 Å². The minimum absolute atomic E-state index is 0.258. The van der Waals surface area contributed by atoms with Crippen molar-refractivity contribution >= 4 is 33.7 Å². The van der Waals surface area contributed by atoms with Crippen molar-refractivity contribution in [3.05, 3.63) is 70.0 Å². The lowest BCUT2D eigenvalue weighted by atomic mass is 10.1. The number of hydrazone groups is 1. The molecule has 0 saturated heterocycles. The molecule has 3 aromatic rings. The first-order valence-corrected chi connectivity index (χ1v) is 8.53. The predicted octanol–water partition coefficient (Wildman–Crippen LogP) is 2.86. The summed E-state index contributed by atoms with van der Waals surface area (Å²) < 4.78 is 18.0. The van der Waals surface area contributed by atoms with Gasteiger partial charge in [0.05, 0.1) is 17.8 Å². The highest BCUT2D eigenvalue weighted by Crippen LogP contribution is 2.18. The average molecular weight is 356 g/mol. The molecule has 0 atom stereocenters. The van der Waals surface area contributed by atoms with E-state index in [9.17, 15) is 9.18 Å². The van der Waals surface area contributed by atoms with Crippen molar-refractivity contribution in [1.82, 2.24) is 10.4 Å². The van der Waals surface area contributed by atoms with Gasteiger partial charge in [0, 0.05) is 11.3 Å². The molecular weight excluding hydrogens is 343 g/mol. The van der Waals surface area contributed by atoms with Crippen molar-refractivity contribution in [3.63, 3.8) is 0 Å². The first kappa shape index (κ1) is 15.6. The SMILES string of the molecule is O=c1[nH]c2ccc(C3=NNC(=NCc4ccc(F)cc4)SC3)cc2o1. The number of H-pyrrole nitrogens is 1. The van der Waals surface area contributed by atoms with E-state index in [1.165, 1.54) is 23.9 Å². The van der Waals surface area contributed by atoms with E-state index in [1.807, 2.05) is 6.07 Å². The topological polar surface area (TPSA) is 82.8 Å². The smallest absolute Gasteiger partial charge is 0.408 e. The highest BCUT2D eigenvalue weighted by atomic mass is 32.2. The monoisotopic (exact) mass is 356 g/mol. The van der Waals surface area contributed by atoms with Crippen LogP contribution in [0.5, 0.6) is 0 Å². The number of aliphatic imine (C=N–C) groups is 1. The third-order valence-electron chi connectivity index (χ3n) is 3.70. The summed E-state index contributed by atoms with van der Waals surface area (Å²) in [6.45, 7) is 0.459. The van der Waals surface area contributed by atoms with Crippen LogP contribution >= 0.6 is 11.8 Å². The third-order valence-corrected chi connectivity index (χ3v) is 4.62. The van der Waals surface area contributed by atoms with Gasteiger partial charge in [-0.15, -0.1) is 0 Å². The van der Waals surface area contributed by atoms with Crippen LogP contribution in [0.3, 0.4) is 0 Å². The van der Waals surface area contributed by atoms with E-state index >= 15 is 0 Å². The van der Waals surface area contributed by atoms with Crippen LogP contribution in [0.4, 0.5) is 4.39 Å². The van der Waals surface area contributed by atoms with Crippen LogP contribution in [-0.4, -0.2) is 21.6 Å². The summed E-state index contributed by atoms with van der Waals surface area (Å²) in [5.41, 5.74) is 6.75. The maximum absolute atomic E-state index is 12.9. The van der Waals surface area contributed by atoms with Gasteiger partial charge in [-0.2, -0.15) is 5.10 Å². The predicted molar refractivity (Wildman–Crippen MR) is 96.5 cm³/mol. The highest BCUT2D eigenvalue weighted by molar-refractivity contribution is 8.14. The Hall–Kier alpha value is -2.87. The van der Waals surface area contributed by atoms with E-state index in [4.69, 9.17) is 4.42 Å². The van der Waals surface area contributed by atoms with Gasteiger partial charge in [0.1, 0.15) is 5.82 Å². The van der Waals surface area contributed by atoms with Gasteiger partial charge in [0.25, 0.3) is 0 Å². The van der Waals surface area contributed by atoms with Crippen molar-refractivity contribution in [2.45, 2.75) is 6.54 Å². The summed E-state index contributed by atoms with van der Waals surface area (Å²) in [5, 5.41) is 5.06. The van der Waals surface area contributed by atoms with E-state index in [1.54, 1.807) is 24.3 Å². The van der Waals surface area contributed by atoms with Gasteiger partial charge in [0.15, 0.2) is 10.8 Å². The van der Waals surface area contributed by atoms with E-state index in [0.29, 0.717) is 28.6 Å². The molecule has 2 heterocycles. The van der Waals surface area contributed by atoms with E-state index in [2.05, 4.69) is 20.5 Å². The molecule has 0 radical (unpaired) electrons. The minimum Gasteiger partial charge on any atom is -0.408 e. The lowest BCUT2D eigenvalue weighted by Gasteiger charge is -2.14. The summed E-state index contributed by atoms with van der Waals surface area (Å²) >= 11 is 1.53. The number of fused-ring (bicyclic) bond motifs is 1. The van der Waals surface area contributed by atoms with Gasteiger partial charge in [-0.05, 0) is 29.8 Å². The van der Waals surface area contributed by atoms with Gasteiger partial charge in [0.2, 0.25) is 0 Å². The molecule has 6 nitrogen and oxygen atoms in total. The summed E-state index contributed by atoms with van der Waals surface area (Å²) in [6.07, 6.45) is 0. The van der Waals surface area contributed by atoms with Crippen molar-refractivity contribution in [3.8, 4) is 0 Å². The number of nitrogens with zero attached hydrogens (tertiary/aromatic N) is 2. The molecule has 0 fully saturated rings. The second-order valence-electron chi connectivity index (χ2n) is 5.43. The fourth-order valence-electron chi connectivity index (χ4n) is 2.42. The number of benzene rings is 2. The Balaban J connectivity index is 1.47. The van der Waals surface area contributed by atoms with Crippen LogP contribution < -0.4 is 11.2 Å². The normalized spacial score (nSPS) is 16.0. The van der Waals surface area contributed by atoms with Gasteiger partial charge in [-0.3, -0.25) is 15.4 Å². The Morgan fingerprint density at radius 2 is 2.08 bits per heavy atom. The molecule has 1 aromatic heterocycles. The van der Waals surface area contributed by atoms with Crippen molar-refractivity contribution < 1.29 is 8.81 Å². The maximum atomic E-state index is 12.9. The molecule has 2 N–H and O–H groups in total. The molecule has 1 aliphatic heterocycles. The Kier molecular flexibility index (Phi) is 4.10. The van der Waals surface area contributed by atoms with Crippen LogP contribution in [0.2, 0.25) is 0 Å². The highest BCUT2D eigenvalue weighted by Gasteiger charge is 2.14. The average Bonchev–Trinajstić information content (AvgIpc) is 3.01. The molecule has 0 bridgehead atoms. The molecule has 0 aliphatic carbocycles. The summed E-state index contributed by atoms with van der Waals surface area (Å²) in [4.78, 5) is 18.3. The van der Waals surface area contributed by atoms with Crippen LogP contribution in [0.15, 0.2) is 61.8 Å². The van der Waals surface area contributed by atoms with Crippen molar-refractivity contribution in [2.24, 2.45) is 10.1 Å². The van der Waals surface area contributed by atoms with Crippen LogP contribution in [0.25, 0.3) is 11.1 Å². The number of hydrogen-bond acceptors (Lipinski definition) is 5. The zero-order chi connectivity index (χ0) is 17.2. The number of amidine groups is 1. The molecule has 126 valence electrons. The second-order valence-corrected chi connectivity index (χ2v) is 6.40. The fraction of sp³-hybridized carbons (Fsp3) is 0.118. The third kappa shape index (κ3) is 3.48. The summed E-state index contributed by atoms with van der Waals surface area (Å²) in [7, 11) is 0. The molecule has 0 unspecified atom stereocenters. The van der Waals surface area contributed by atoms with Crippen LogP contribution in [0.1, 0.15) is 11.1 Å². The first-order valence-electron chi connectivity index (χ1n) is 7.55. The van der Waals surface area contributed by atoms with Crippen molar-refractivity contribution in [2.75, 3.05) is 5.75 Å². The molecule has 25 heavy (non-hydrogen) atoms. The van der Waals surface area contributed by atoms with Gasteiger partial charge in [-0.1, -0.05) is 30.0 Å². The fourth-order valence-corrected chi connectivity index (χ4v) is 3.19. The maximum Gasteiger partial charge on any atom is 0.417 e. The zero-order valence-corrected chi connectivity index (χ0v) is 13.8. The van der Waals surface area contributed by atoms with Crippen LogP contribution in [-0.2, 0) is 6.54 Å². The second kappa shape index (κ2) is 6.56. The number of aromatic nitrogens is 1. The van der Waals surface area contributed by atoms with E-state index in [-0.39, 0.29) is 5.82 Å². The molecule has 0 spiro atoms. The summed E-state index contributed by atoms with van der Waals surface area (Å²) in [5.74, 6) is -0.0819. The molecule has 0 amide bonds. The molecule has 4 rings (SSSR count). The minimum atomic E-state index is -0.472. The number of oxazole rings is 1. The van der Waals surface area contributed by atoms with E-state index < -0.39 is 5.76 Å². The molecule has 8 heteroatoms. The first-order chi connectivity index (χ1) is 12.2. The number of hydrogen-bond donors (Lipinski definition) is 2. The standard InChI is InChI=1S/C17H13FN4O2S/c18-12-4-1-10(2-5-12)8-19-16-22-21-14(9-25-16)11-3-6-13-15(7-11)24-17(23)20-13/h1-7H,8-9H2,(H,19,22)(H,20,23). The number of aromatic amines is 1. The molecule has 0 saturated carbocycles. The molecule has 2 aromatic carbocycles. The molecule has 1 aliphatic rings. The van der Waals surface area contributed by atoms with Crippen molar-refractivity contribution in [1.29, 1.82) is 0 Å². The van der Waals surface area contributed by atoms with Gasteiger partial charge < -0.3 is 4.42 Å². The number of nitrogens with one attached hydrogen (secondary N) is 2. The lowest BCUT2D eigenvalue weighted by Crippen LogP contribution is -2.25. The molecular formula is C17H13FN4O2S. The lowest BCUT2D eigenvalue weighted by molar-refractivity contribution is 0.555. The van der Waals surface area contributed by atoms with Crippen LogP contribution in [0, 0.1) is 5.82 Å². The number of thioether (sulfide) groups is 1. The quantitative estimate of drug-likeness (QED) is 0.756. The Labute approximate surface area is 145 Å². The Morgan fingerprint density at radius 3 is 2.84 bits per heavy atom. The zero-order valence-electron chi connectivity index (χ0n) is 13.0.